The highest BCUT2D eigenvalue weighted by Crippen LogP contribution is 2.26. The van der Waals surface area contributed by atoms with Crippen molar-refractivity contribution in [3.8, 4) is 0 Å². The summed E-state index contributed by atoms with van der Waals surface area (Å²) in [5.74, 6) is -0.790. The Balaban J connectivity index is 1.89. The number of anilines is 3. The molecule has 0 radical (unpaired) electrons. The van der Waals surface area contributed by atoms with Gasteiger partial charge < -0.3 is 10.6 Å². The van der Waals surface area contributed by atoms with E-state index in [1.807, 2.05) is 6.92 Å². The predicted molar refractivity (Wildman–Crippen MR) is 127 cm³/mol. The number of halogens is 1. The maximum absolute atomic E-state index is 13.4. The molecule has 7 nitrogen and oxygen atoms in total. The molecule has 32 heavy (non-hydrogen) atoms. The van der Waals surface area contributed by atoms with Gasteiger partial charge in [-0.25, -0.2) is 8.42 Å². The van der Waals surface area contributed by atoms with Crippen molar-refractivity contribution in [3.05, 3.63) is 83.4 Å². The van der Waals surface area contributed by atoms with Crippen molar-refractivity contribution in [2.75, 3.05) is 21.5 Å². The number of sulfonamides is 1. The van der Waals surface area contributed by atoms with Gasteiger partial charge in [-0.2, -0.15) is 0 Å². The summed E-state index contributed by atoms with van der Waals surface area (Å²) in [4.78, 5) is 24.1. The Kier molecular flexibility index (Phi) is 7.17. The van der Waals surface area contributed by atoms with Gasteiger partial charge in [0.15, 0.2) is 0 Å². The third kappa shape index (κ3) is 5.87. The molecule has 3 aromatic carbocycles. The van der Waals surface area contributed by atoms with E-state index >= 15 is 0 Å². The zero-order chi connectivity index (χ0) is 23.3. The van der Waals surface area contributed by atoms with Crippen LogP contribution in [0.1, 0.15) is 12.5 Å². The molecule has 2 amide bonds. The molecule has 166 valence electrons. The number of amides is 2. The highest BCUT2D eigenvalue weighted by atomic mass is 35.5. The Morgan fingerprint density at radius 3 is 2.09 bits per heavy atom. The summed E-state index contributed by atoms with van der Waals surface area (Å²) in [5, 5.41) is 5.75. The van der Waals surface area contributed by atoms with E-state index < -0.39 is 22.5 Å². The van der Waals surface area contributed by atoms with Gasteiger partial charge in [0, 0.05) is 23.3 Å². The molecule has 0 unspecified atom stereocenters. The van der Waals surface area contributed by atoms with E-state index in [4.69, 9.17) is 11.6 Å². The molecule has 3 aromatic rings. The van der Waals surface area contributed by atoms with Crippen LogP contribution < -0.4 is 14.9 Å². The van der Waals surface area contributed by atoms with E-state index in [-0.39, 0.29) is 10.8 Å². The monoisotopic (exact) mass is 471 g/mol. The Labute approximate surface area is 192 Å². The second-order valence-corrected chi connectivity index (χ2v) is 9.41. The van der Waals surface area contributed by atoms with Gasteiger partial charge in [-0.1, -0.05) is 35.4 Å². The molecule has 2 N–H and O–H groups in total. The Morgan fingerprint density at radius 2 is 1.50 bits per heavy atom. The fourth-order valence-corrected chi connectivity index (χ4v) is 4.52. The maximum atomic E-state index is 13.4. The first-order valence-electron chi connectivity index (χ1n) is 9.67. The van der Waals surface area contributed by atoms with Crippen LogP contribution in [0.3, 0.4) is 0 Å². The van der Waals surface area contributed by atoms with Crippen LogP contribution in [0.4, 0.5) is 17.1 Å². The fraction of sp³-hybridized carbons (Fsp3) is 0.130. The van der Waals surface area contributed by atoms with Crippen molar-refractivity contribution in [2.45, 2.75) is 18.7 Å². The van der Waals surface area contributed by atoms with E-state index in [1.165, 1.54) is 19.1 Å². The van der Waals surface area contributed by atoms with E-state index in [2.05, 4.69) is 10.6 Å². The molecule has 0 aliphatic carbocycles. The molecule has 9 heteroatoms. The number of hydrogen-bond donors (Lipinski definition) is 2. The lowest BCUT2D eigenvalue weighted by molar-refractivity contribution is -0.115. The number of rotatable bonds is 7. The largest absolute Gasteiger partial charge is 0.326 e. The van der Waals surface area contributed by atoms with Gasteiger partial charge in [-0.05, 0) is 61.5 Å². The van der Waals surface area contributed by atoms with Crippen LogP contribution in [0.25, 0.3) is 0 Å². The number of nitrogens with zero attached hydrogens (tertiary/aromatic N) is 1. The molecular weight excluding hydrogens is 450 g/mol. The van der Waals surface area contributed by atoms with Crippen LogP contribution >= 0.6 is 11.6 Å². The van der Waals surface area contributed by atoms with E-state index in [0.717, 1.165) is 9.87 Å². The van der Waals surface area contributed by atoms with Gasteiger partial charge in [0.1, 0.15) is 6.54 Å². The smallest absolute Gasteiger partial charge is 0.264 e. The number of benzene rings is 3. The molecule has 0 aliphatic heterocycles. The lowest BCUT2D eigenvalue weighted by atomic mass is 10.2. The summed E-state index contributed by atoms with van der Waals surface area (Å²) in [6.45, 7) is 2.78. The fourth-order valence-electron chi connectivity index (χ4n) is 2.97. The summed E-state index contributed by atoms with van der Waals surface area (Å²) in [5.41, 5.74) is 2.15. The van der Waals surface area contributed by atoms with Crippen molar-refractivity contribution in [1.29, 1.82) is 0 Å². The van der Waals surface area contributed by atoms with Crippen molar-refractivity contribution in [2.24, 2.45) is 0 Å². The minimum Gasteiger partial charge on any atom is -0.326 e. The summed E-state index contributed by atoms with van der Waals surface area (Å²) in [6, 6.07) is 19.2. The summed E-state index contributed by atoms with van der Waals surface area (Å²) in [6.07, 6.45) is 0. The minimum atomic E-state index is -4.02. The molecule has 0 saturated heterocycles. The van der Waals surface area contributed by atoms with Crippen LogP contribution in [0.15, 0.2) is 77.7 Å². The van der Waals surface area contributed by atoms with Gasteiger partial charge in [-0.3, -0.25) is 13.9 Å². The summed E-state index contributed by atoms with van der Waals surface area (Å²) >= 11 is 5.95. The summed E-state index contributed by atoms with van der Waals surface area (Å²) < 4.78 is 27.7. The van der Waals surface area contributed by atoms with Crippen LogP contribution in [0.2, 0.25) is 5.02 Å². The number of carbonyl (C=O) groups is 2. The lowest BCUT2D eigenvalue weighted by Crippen LogP contribution is -2.38. The van der Waals surface area contributed by atoms with Crippen molar-refractivity contribution < 1.29 is 18.0 Å². The Hall–Kier alpha value is -3.36. The second kappa shape index (κ2) is 9.84. The molecular formula is C23H22ClN3O4S. The summed E-state index contributed by atoms with van der Waals surface area (Å²) in [7, 11) is -4.02. The highest BCUT2D eigenvalue weighted by Gasteiger charge is 2.27. The highest BCUT2D eigenvalue weighted by molar-refractivity contribution is 7.92. The Bertz CT molecular complexity index is 1230. The molecule has 0 spiro atoms. The normalized spacial score (nSPS) is 11.0. The SMILES string of the molecule is CC(=O)Nc1cccc(NC(=O)CN(c2ccc(Cl)cc2)S(=O)(=O)c2ccc(C)cc2)c1. The number of nitrogens with one attached hydrogen (secondary N) is 2. The first-order valence-corrected chi connectivity index (χ1v) is 11.5. The van der Waals surface area contributed by atoms with Crippen molar-refractivity contribution >= 4 is 50.5 Å². The number of aryl methyl sites for hydroxylation is 1. The van der Waals surface area contributed by atoms with Gasteiger partial charge in [0.05, 0.1) is 10.6 Å². The molecule has 0 heterocycles. The third-order valence-electron chi connectivity index (χ3n) is 4.48. The lowest BCUT2D eigenvalue weighted by Gasteiger charge is -2.24. The first-order chi connectivity index (χ1) is 15.1. The average molecular weight is 472 g/mol. The molecule has 0 aliphatic rings. The number of hydrogen-bond acceptors (Lipinski definition) is 4. The van der Waals surface area contributed by atoms with E-state index in [9.17, 15) is 18.0 Å². The average Bonchev–Trinajstić information content (AvgIpc) is 2.73. The topological polar surface area (TPSA) is 95.6 Å². The molecule has 3 rings (SSSR count). The van der Waals surface area contributed by atoms with Crippen molar-refractivity contribution in [3.63, 3.8) is 0 Å². The molecule has 0 bridgehead atoms. The van der Waals surface area contributed by atoms with E-state index in [0.29, 0.717) is 22.1 Å². The van der Waals surface area contributed by atoms with Gasteiger partial charge in [-0.15, -0.1) is 0 Å². The maximum Gasteiger partial charge on any atom is 0.264 e. The van der Waals surface area contributed by atoms with Crippen LogP contribution in [-0.4, -0.2) is 26.8 Å². The van der Waals surface area contributed by atoms with Crippen LogP contribution in [0.5, 0.6) is 0 Å². The standard InChI is InChI=1S/C23H22ClN3O4S/c1-16-6-12-22(13-7-16)32(30,31)27(21-10-8-18(24)9-11-21)15-23(29)26-20-5-3-4-19(14-20)25-17(2)28/h3-14H,15H2,1-2H3,(H,25,28)(H,26,29). The van der Waals surface area contributed by atoms with Crippen molar-refractivity contribution in [1.82, 2.24) is 0 Å². The van der Waals surface area contributed by atoms with Gasteiger partial charge in [0.2, 0.25) is 11.8 Å². The van der Waals surface area contributed by atoms with Crippen LogP contribution in [0, 0.1) is 6.92 Å². The molecule has 0 saturated carbocycles. The number of carbonyl (C=O) groups excluding carboxylic acids is 2. The second-order valence-electron chi connectivity index (χ2n) is 7.11. The zero-order valence-electron chi connectivity index (χ0n) is 17.5. The minimum absolute atomic E-state index is 0.0681. The molecule has 0 aromatic heterocycles. The first kappa shape index (κ1) is 23.3. The third-order valence-corrected chi connectivity index (χ3v) is 6.52. The van der Waals surface area contributed by atoms with Crippen LogP contribution in [-0.2, 0) is 19.6 Å². The zero-order valence-corrected chi connectivity index (χ0v) is 19.1. The van der Waals surface area contributed by atoms with E-state index in [1.54, 1.807) is 60.7 Å². The quantitative estimate of drug-likeness (QED) is 0.532. The van der Waals surface area contributed by atoms with Gasteiger partial charge >= 0.3 is 0 Å². The predicted octanol–water partition coefficient (Wildman–Crippen LogP) is 4.44. The molecule has 0 fully saturated rings. The molecule has 0 atom stereocenters. The van der Waals surface area contributed by atoms with Gasteiger partial charge in [0.25, 0.3) is 10.0 Å². The Morgan fingerprint density at radius 1 is 0.906 bits per heavy atom.